The van der Waals surface area contributed by atoms with Gasteiger partial charge in [-0.05, 0) is 67.6 Å². The van der Waals surface area contributed by atoms with Crippen molar-refractivity contribution in [2.45, 2.75) is 26.0 Å². The van der Waals surface area contributed by atoms with E-state index in [0.717, 1.165) is 5.56 Å². The lowest BCUT2D eigenvalue weighted by Crippen LogP contribution is -2.49. The predicted octanol–water partition coefficient (Wildman–Crippen LogP) is 3.50. The van der Waals surface area contributed by atoms with Crippen LogP contribution in [0.15, 0.2) is 66.7 Å². The topological polar surface area (TPSA) is 101 Å². The third-order valence-electron chi connectivity index (χ3n) is 4.32. The molecule has 3 rings (SSSR count). The lowest BCUT2D eigenvalue weighted by atomic mass is 10.1. The maximum absolute atomic E-state index is 13.0. The van der Waals surface area contributed by atoms with Crippen molar-refractivity contribution in [3.63, 3.8) is 0 Å². The third kappa shape index (κ3) is 6.10. The standard InChI is InChI=1S/C23H22FN3O4/c1-14(28)22(25-15(2)29)23(30)27-21-5-3-4-20(26-21)16-6-10-18(11-7-16)31-19-12-8-17(24)9-13-19/h3-14,22,28H,1-2H3,(H,25,29)(H,26,27,30)/t14?,22-/m0/s1. The van der Waals surface area contributed by atoms with Crippen molar-refractivity contribution in [3.8, 4) is 22.8 Å². The first-order chi connectivity index (χ1) is 14.8. The molecule has 0 aliphatic carbocycles. The minimum atomic E-state index is -1.09. The molecule has 0 fully saturated rings. The number of aliphatic hydroxyl groups excluding tert-OH is 1. The summed E-state index contributed by atoms with van der Waals surface area (Å²) >= 11 is 0. The fraction of sp³-hybridized carbons (Fsp3) is 0.174. The van der Waals surface area contributed by atoms with Crippen LogP contribution in [0.25, 0.3) is 11.3 Å². The Labute approximate surface area is 178 Å². The summed E-state index contributed by atoms with van der Waals surface area (Å²) in [4.78, 5) is 28.1. The molecule has 2 amide bonds. The smallest absolute Gasteiger partial charge is 0.250 e. The number of aliphatic hydroxyl groups is 1. The number of hydrogen-bond donors (Lipinski definition) is 3. The largest absolute Gasteiger partial charge is 0.457 e. The Hall–Kier alpha value is -3.78. The number of carbonyl (C=O) groups is 2. The van der Waals surface area contributed by atoms with Crippen LogP contribution in [-0.2, 0) is 9.59 Å². The molecule has 0 saturated heterocycles. The zero-order valence-corrected chi connectivity index (χ0v) is 17.0. The summed E-state index contributed by atoms with van der Waals surface area (Å²) in [6.07, 6.45) is -1.07. The summed E-state index contributed by atoms with van der Waals surface area (Å²) in [5, 5.41) is 14.8. The predicted molar refractivity (Wildman–Crippen MR) is 114 cm³/mol. The Morgan fingerprint density at radius 3 is 2.19 bits per heavy atom. The van der Waals surface area contributed by atoms with Gasteiger partial charge in [0.15, 0.2) is 0 Å². The molecule has 0 radical (unpaired) electrons. The maximum Gasteiger partial charge on any atom is 0.250 e. The minimum absolute atomic E-state index is 0.283. The molecule has 0 spiro atoms. The number of benzene rings is 2. The lowest BCUT2D eigenvalue weighted by molar-refractivity contribution is -0.127. The van der Waals surface area contributed by atoms with Crippen LogP contribution in [0.5, 0.6) is 11.5 Å². The van der Waals surface area contributed by atoms with Gasteiger partial charge in [0, 0.05) is 12.5 Å². The van der Waals surface area contributed by atoms with Gasteiger partial charge in [-0.25, -0.2) is 9.37 Å². The summed E-state index contributed by atoms with van der Waals surface area (Å²) in [7, 11) is 0. The third-order valence-corrected chi connectivity index (χ3v) is 4.32. The van der Waals surface area contributed by atoms with E-state index in [2.05, 4.69) is 15.6 Å². The van der Waals surface area contributed by atoms with Crippen LogP contribution in [0, 0.1) is 5.82 Å². The van der Waals surface area contributed by atoms with Gasteiger partial charge in [-0.15, -0.1) is 0 Å². The van der Waals surface area contributed by atoms with Gasteiger partial charge in [0.25, 0.3) is 5.91 Å². The van der Waals surface area contributed by atoms with Crippen molar-refractivity contribution < 1.29 is 23.8 Å². The second-order valence-electron chi connectivity index (χ2n) is 6.90. The van der Waals surface area contributed by atoms with Gasteiger partial charge in [-0.1, -0.05) is 6.07 Å². The molecule has 31 heavy (non-hydrogen) atoms. The molecule has 160 valence electrons. The zero-order chi connectivity index (χ0) is 22.4. The average molecular weight is 423 g/mol. The van der Waals surface area contributed by atoms with Gasteiger partial charge in [-0.3, -0.25) is 9.59 Å². The van der Waals surface area contributed by atoms with E-state index in [1.807, 2.05) is 12.1 Å². The number of anilines is 1. The highest BCUT2D eigenvalue weighted by Crippen LogP contribution is 2.25. The van der Waals surface area contributed by atoms with E-state index in [9.17, 15) is 19.1 Å². The van der Waals surface area contributed by atoms with Gasteiger partial charge in [-0.2, -0.15) is 0 Å². The van der Waals surface area contributed by atoms with Crippen LogP contribution in [0.3, 0.4) is 0 Å². The Morgan fingerprint density at radius 1 is 1.00 bits per heavy atom. The maximum atomic E-state index is 13.0. The average Bonchev–Trinajstić information content (AvgIpc) is 2.74. The first-order valence-electron chi connectivity index (χ1n) is 9.59. The summed E-state index contributed by atoms with van der Waals surface area (Å²) in [5.74, 6) is 0.0463. The molecule has 1 heterocycles. The molecule has 1 unspecified atom stereocenters. The number of rotatable bonds is 7. The first-order valence-corrected chi connectivity index (χ1v) is 9.59. The number of aromatic nitrogens is 1. The highest BCUT2D eigenvalue weighted by molar-refractivity contribution is 5.96. The molecule has 7 nitrogen and oxygen atoms in total. The number of pyridine rings is 1. The van der Waals surface area contributed by atoms with E-state index in [1.54, 1.807) is 42.5 Å². The van der Waals surface area contributed by atoms with Crippen molar-refractivity contribution in [1.29, 1.82) is 0 Å². The van der Waals surface area contributed by atoms with Crippen molar-refractivity contribution >= 4 is 17.6 Å². The van der Waals surface area contributed by atoms with E-state index < -0.39 is 24.0 Å². The monoisotopic (exact) mass is 423 g/mol. The fourth-order valence-corrected chi connectivity index (χ4v) is 2.83. The molecule has 2 atom stereocenters. The van der Waals surface area contributed by atoms with Crippen molar-refractivity contribution in [2.75, 3.05) is 5.32 Å². The van der Waals surface area contributed by atoms with Crippen LogP contribution in [0.1, 0.15) is 13.8 Å². The highest BCUT2D eigenvalue weighted by atomic mass is 19.1. The number of nitrogens with one attached hydrogen (secondary N) is 2. The molecular weight excluding hydrogens is 401 g/mol. The normalized spacial score (nSPS) is 12.5. The second-order valence-corrected chi connectivity index (χ2v) is 6.90. The number of halogens is 1. The van der Waals surface area contributed by atoms with Crippen LogP contribution >= 0.6 is 0 Å². The Balaban J connectivity index is 1.71. The summed E-state index contributed by atoms with van der Waals surface area (Å²) in [6, 6.07) is 16.9. The molecule has 1 aromatic heterocycles. The Kier molecular flexibility index (Phi) is 6.94. The van der Waals surface area contributed by atoms with Crippen LogP contribution in [0.2, 0.25) is 0 Å². The lowest BCUT2D eigenvalue weighted by Gasteiger charge is -2.19. The van der Waals surface area contributed by atoms with Gasteiger partial charge in [0.05, 0.1) is 11.8 Å². The molecule has 3 aromatic rings. The molecule has 8 heteroatoms. The van der Waals surface area contributed by atoms with Gasteiger partial charge in [0.1, 0.15) is 29.2 Å². The van der Waals surface area contributed by atoms with E-state index >= 15 is 0 Å². The van der Waals surface area contributed by atoms with E-state index in [-0.39, 0.29) is 11.6 Å². The van der Waals surface area contributed by atoms with Crippen molar-refractivity contribution in [1.82, 2.24) is 10.3 Å². The molecule has 0 aliphatic rings. The molecule has 0 saturated carbocycles. The number of amides is 2. The second kappa shape index (κ2) is 9.82. The Morgan fingerprint density at radius 2 is 1.61 bits per heavy atom. The summed E-state index contributed by atoms with van der Waals surface area (Å²) < 4.78 is 18.7. The van der Waals surface area contributed by atoms with Crippen LogP contribution in [-0.4, -0.2) is 34.1 Å². The molecule has 3 N–H and O–H groups in total. The van der Waals surface area contributed by atoms with Crippen molar-refractivity contribution in [2.24, 2.45) is 0 Å². The number of ether oxygens (including phenoxy) is 1. The SMILES string of the molecule is CC(=O)N[C@H](C(=O)Nc1cccc(-c2ccc(Oc3ccc(F)cc3)cc2)n1)C(C)O. The van der Waals surface area contributed by atoms with Crippen LogP contribution in [0.4, 0.5) is 10.2 Å². The number of nitrogens with zero attached hydrogens (tertiary/aromatic N) is 1. The summed E-state index contributed by atoms with van der Waals surface area (Å²) in [5.41, 5.74) is 1.40. The Bertz CT molecular complexity index is 1050. The molecule has 0 aliphatic heterocycles. The highest BCUT2D eigenvalue weighted by Gasteiger charge is 2.24. The quantitative estimate of drug-likeness (QED) is 0.540. The molecule has 2 aromatic carbocycles. The zero-order valence-electron chi connectivity index (χ0n) is 17.0. The van der Waals surface area contributed by atoms with E-state index in [4.69, 9.17) is 4.74 Å². The summed E-state index contributed by atoms with van der Waals surface area (Å²) in [6.45, 7) is 2.69. The van der Waals surface area contributed by atoms with Gasteiger partial charge >= 0.3 is 0 Å². The van der Waals surface area contributed by atoms with E-state index in [1.165, 1.54) is 26.0 Å². The molecular formula is C23H22FN3O4. The van der Waals surface area contributed by atoms with Crippen LogP contribution < -0.4 is 15.4 Å². The number of hydrogen-bond acceptors (Lipinski definition) is 5. The fourth-order valence-electron chi connectivity index (χ4n) is 2.83. The first kappa shape index (κ1) is 21.9. The minimum Gasteiger partial charge on any atom is -0.457 e. The molecule has 0 bridgehead atoms. The van der Waals surface area contributed by atoms with Gasteiger partial charge in [0.2, 0.25) is 5.91 Å². The van der Waals surface area contributed by atoms with Gasteiger partial charge < -0.3 is 20.5 Å². The van der Waals surface area contributed by atoms with E-state index in [0.29, 0.717) is 17.2 Å². The van der Waals surface area contributed by atoms with Crippen molar-refractivity contribution in [3.05, 3.63) is 72.5 Å². The number of carbonyl (C=O) groups excluding carboxylic acids is 2.